The Morgan fingerprint density at radius 1 is 0.710 bits per heavy atom. The van der Waals surface area contributed by atoms with Crippen LogP contribution in [0.5, 0.6) is 0 Å². The summed E-state index contributed by atoms with van der Waals surface area (Å²) in [5.74, 6) is 0. The SMILES string of the molecule is CCO[Si](CCCN=Cc1ccccc1C=NCCC[Si](OC)(OC)OC)(OC)OC. The molecule has 0 unspecified atom stereocenters. The lowest BCUT2D eigenvalue weighted by molar-refractivity contribution is 0.103. The topological polar surface area (TPSA) is 80.1 Å². The van der Waals surface area contributed by atoms with Gasteiger partial charge in [0.05, 0.1) is 0 Å². The van der Waals surface area contributed by atoms with Crippen LogP contribution in [0.3, 0.4) is 0 Å². The maximum atomic E-state index is 5.72. The zero-order valence-electron chi connectivity index (χ0n) is 19.8. The van der Waals surface area contributed by atoms with Crippen LogP contribution in [0.4, 0.5) is 0 Å². The molecule has 0 amide bonds. The van der Waals surface area contributed by atoms with Gasteiger partial charge in [0.15, 0.2) is 0 Å². The smallest absolute Gasteiger partial charge is 0.377 e. The van der Waals surface area contributed by atoms with Gasteiger partial charge in [-0.1, -0.05) is 24.3 Å². The number of nitrogens with zero attached hydrogens (tertiary/aromatic N) is 2. The fourth-order valence-electron chi connectivity index (χ4n) is 3.10. The Bertz CT molecular complexity index is 659. The molecule has 1 rings (SSSR count). The first-order valence-electron chi connectivity index (χ1n) is 10.5. The predicted molar refractivity (Wildman–Crippen MR) is 128 cm³/mol. The van der Waals surface area contributed by atoms with Gasteiger partial charge in [0.25, 0.3) is 0 Å². The van der Waals surface area contributed by atoms with E-state index in [0.717, 1.165) is 36.1 Å². The number of rotatable bonds is 17. The van der Waals surface area contributed by atoms with Crippen LogP contribution in [0.15, 0.2) is 34.3 Å². The van der Waals surface area contributed by atoms with E-state index in [-0.39, 0.29) is 0 Å². The van der Waals surface area contributed by atoms with Gasteiger partial charge >= 0.3 is 17.6 Å². The first kappa shape index (κ1) is 27.8. The summed E-state index contributed by atoms with van der Waals surface area (Å²) in [7, 11) is 3.09. The molecular formula is C21H38N2O6Si2. The van der Waals surface area contributed by atoms with Gasteiger partial charge in [-0.3, -0.25) is 9.98 Å². The van der Waals surface area contributed by atoms with Crippen molar-refractivity contribution in [1.82, 2.24) is 0 Å². The monoisotopic (exact) mass is 470 g/mol. The fraction of sp³-hybridized carbons (Fsp3) is 0.619. The van der Waals surface area contributed by atoms with Crippen molar-refractivity contribution in [3.8, 4) is 0 Å². The molecule has 31 heavy (non-hydrogen) atoms. The minimum Gasteiger partial charge on any atom is -0.377 e. The lowest BCUT2D eigenvalue weighted by Gasteiger charge is -2.25. The maximum Gasteiger partial charge on any atom is 0.500 e. The second-order valence-electron chi connectivity index (χ2n) is 6.73. The summed E-state index contributed by atoms with van der Waals surface area (Å²) >= 11 is 0. The third-order valence-electron chi connectivity index (χ3n) is 4.92. The molecule has 0 heterocycles. The summed E-state index contributed by atoms with van der Waals surface area (Å²) in [5.41, 5.74) is 2.07. The summed E-state index contributed by atoms with van der Waals surface area (Å²) in [6, 6.07) is 9.53. The van der Waals surface area contributed by atoms with E-state index in [2.05, 4.69) is 9.98 Å². The molecule has 0 aliphatic heterocycles. The molecule has 0 aliphatic carbocycles. The van der Waals surface area contributed by atoms with E-state index < -0.39 is 17.6 Å². The molecular weight excluding hydrogens is 432 g/mol. The Labute approximate surface area is 189 Å². The van der Waals surface area contributed by atoms with E-state index in [1.165, 1.54) is 0 Å². The number of hydrogen-bond donors (Lipinski definition) is 0. The standard InChI is InChI=1S/C21H38N2O6Si2/c1-7-29-31(27-5,28-6)17-11-15-23-19-21-13-9-8-12-20(21)18-22-14-10-16-30(24-2,25-3)26-4/h8-9,12-13,18-19H,7,10-11,14-17H2,1-6H3. The van der Waals surface area contributed by atoms with Crippen molar-refractivity contribution in [2.24, 2.45) is 9.98 Å². The Morgan fingerprint density at radius 2 is 1.13 bits per heavy atom. The highest BCUT2D eigenvalue weighted by Gasteiger charge is 2.38. The molecule has 176 valence electrons. The molecule has 0 radical (unpaired) electrons. The highest BCUT2D eigenvalue weighted by Crippen LogP contribution is 2.16. The molecule has 1 aromatic rings. The Morgan fingerprint density at radius 3 is 1.52 bits per heavy atom. The number of hydrogen-bond acceptors (Lipinski definition) is 8. The molecule has 1 aromatic carbocycles. The van der Waals surface area contributed by atoms with Crippen molar-refractivity contribution in [1.29, 1.82) is 0 Å². The Hall–Kier alpha value is -1.25. The Kier molecular flexibility index (Phi) is 13.9. The average Bonchev–Trinajstić information content (AvgIpc) is 2.81. The van der Waals surface area contributed by atoms with Crippen LogP contribution in [0.2, 0.25) is 12.1 Å². The fourth-order valence-corrected chi connectivity index (χ4v) is 6.79. The molecule has 0 bridgehead atoms. The highest BCUT2D eigenvalue weighted by molar-refractivity contribution is 6.60. The van der Waals surface area contributed by atoms with E-state index in [0.29, 0.717) is 19.7 Å². The quantitative estimate of drug-likeness (QED) is 0.197. The van der Waals surface area contributed by atoms with E-state index in [4.69, 9.17) is 26.6 Å². The summed E-state index contributed by atoms with van der Waals surface area (Å²) < 4.78 is 33.1. The van der Waals surface area contributed by atoms with Gasteiger partial charge in [-0.15, -0.1) is 0 Å². The van der Waals surface area contributed by atoms with Crippen LogP contribution in [0.25, 0.3) is 0 Å². The van der Waals surface area contributed by atoms with Crippen LogP contribution < -0.4 is 0 Å². The van der Waals surface area contributed by atoms with Gasteiger partial charge in [0.2, 0.25) is 0 Å². The van der Waals surface area contributed by atoms with E-state index in [1.807, 2.05) is 43.6 Å². The predicted octanol–water partition coefficient (Wildman–Crippen LogP) is 3.45. The van der Waals surface area contributed by atoms with Crippen molar-refractivity contribution in [2.75, 3.05) is 55.2 Å². The Balaban J connectivity index is 2.56. The molecule has 0 fully saturated rings. The van der Waals surface area contributed by atoms with Gasteiger partial charge in [-0.25, -0.2) is 0 Å². The first-order chi connectivity index (χ1) is 15.0. The minimum absolute atomic E-state index is 0.579. The van der Waals surface area contributed by atoms with Crippen molar-refractivity contribution in [3.63, 3.8) is 0 Å². The zero-order valence-corrected chi connectivity index (χ0v) is 21.8. The molecule has 0 aliphatic rings. The summed E-state index contributed by atoms with van der Waals surface area (Å²) in [5, 5.41) is 0. The molecule has 0 atom stereocenters. The molecule has 0 N–H and O–H groups in total. The second-order valence-corrected chi connectivity index (χ2v) is 12.8. The zero-order chi connectivity index (χ0) is 23.0. The molecule has 0 saturated heterocycles. The van der Waals surface area contributed by atoms with Crippen LogP contribution in [-0.2, 0) is 26.6 Å². The maximum absolute atomic E-state index is 5.72. The van der Waals surface area contributed by atoms with Crippen molar-refractivity contribution in [2.45, 2.75) is 31.9 Å². The number of aliphatic imine (C=N–C) groups is 2. The summed E-state index contributed by atoms with van der Waals surface area (Å²) in [6.45, 7) is 3.88. The van der Waals surface area contributed by atoms with Gasteiger partial charge in [-0.05, 0) is 19.8 Å². The lowest BCUT2D eigenvalue weighted by Crippen LogP contribution is -2.43. The third-order valence-corrected chi connectivity index (χ3v) is 10.7. The van der Waals surface area contributed by atoms with Crippen LogP contribution in [0, 0.1) is 0 Å². The van der Waals surface area contributed by atoms with E-state index in [1.54, 1.807) is 35.5 Å². The van der Waals surface area contributed by atoms with Crippen LogP contribution in [-0.4, -0.2) is 85.3 Å². The van der Waals surface area contributed by atoms with Crippen molar-refractivity contribution >= 4 is 30.0 Å². The van der Waals surface area contributed by atoms with Crippen LogP contribution >= 0.6 is 0 Å². The van der Waals surface area contributed by atoms with Gasteiger partial charge < -0.3 is 26.6 Å². The van der Waals surface area contributed by atoms with Gasteiger partial charge in [0.1, 0.15) is 0 Å². The molecule has 0 aromatic heterocycles. The molecule has 0 spiro atoms. The van der Waals surface area contributed by atoms with Gasteiger partial charge in [-0.2, -0.15) is 0 Å². The molecule has 10 heteroatoms. The van der Waals surface area contributed by atoms with Gasteiger partial charge in [0, 0.05) is 90.9 Å². The first-order valence-corrected chi connectivity index (χ1v) is 14.4. The van der Waals surface area contributed by atoms with Crippen LogP contribution in [0.1, 0.15) is 30.9 Å². The summed E-state index contributed by atoms with van der Waals surface area (Å²) in [6.07, 6.45) is 5.45. The second kappa shape index (κ2) is 15.5. The summed E-state index contributed by atoms with van der Waals surface area (Å²) in [4.78, 5) is 9.12. The lowest BCUT2D eigenvalue weighted by atomic mass is 10.1. The van der Waals surface area contributed by atoms with Crippen molar-refractivity contribution < 1.29 is 26.6 Å². The van der Waals surface area contributed by atoms with E-state index in [9.17, 15) is 0 Å². The number of benzene rings is 1. The van der Waals surface area contributed by atoms with E-state index >= 15 is 0 Å². The minimum atomic E-state index is -2.55. The third kappa shape index (κ3) is 9.42. The molecule has 0 saturated carbocycles. The van der Waals surface area contributed by atoms with Crippen molar-refractivity contribution in [3.05, 3.63) is 35.4 Å². The average molecular weight is 471 g/mol. The molecule has 8 nitrogen and oxygen atoms in total. The normalized spacial score (nSPS) is 13.0. The largest absolute Gasteiger partial charge is 0.500 e. The highest BCUT2D eigenvalue weighted by atomic mass is 28.4.